The normalized spacial score (nSPS) is 16.1. The number of rotatable bonds is 1. The molecular formula is C9H12BN. The fourth-order valence-corrected chi connectivity index (χ4v) is 1.63. The van der Waals surface area contributed by atoms with E-state index in [0.717, 1.165) is 20.5 Å². The number of benzene rings is 1. The Labute approximate surface area is 68.3 Å². The molecule has 0 fully saturated rings. The Morgan fingerprint density at radius 1 is 1.45 bits per heavy atom. The van der Waals surface area contributed by atoms with E-state index in [-0.39, 0.29) is 0 Å². The molecule has 11 heavy (non-hydrogen) atoms. The number of hydrogen-bond acceptors (Lipinski definition) is 1. The van der Waals surface area contributed by atoms with Crippen LogP contribution in [0.15, 0.2) is 24.3 Å². The van der Waals surface area contributed by atoms with E-state index in [1.54, 1.807) is 0 Å². The van der Waals surface area contributed by atoms with E-state index in [2.05, 4.69) is 36.0 Å². The molecule has 56 valence electrons. The smallest absolute Gasteiger partial charge is 0.239 e. The average Bonchev–Trinajstić information content (AvgIpc) is 2.46. The largest absolute Gasteiger partial charge is 0.337 e. The second-order valence-electron chi connectivity index (χ2n) is 3.07. The van der Waals surface area contributed by atoms with Crippen LogP contribution in [0, 0.1) is 0 Å². The summed E-state index contributed by atoms with van der Waals surface area (Å²) in [4.78, 5) is 2.45. The summed E-state index contributed by atoms with van der Waals surface area (Å²) in [5.41, 5.74) is 3.02. The van der Waals surface area contributed by atoms with Crippen molar-refractivity contribution in [1.29, 1.82) is 0 Å². The molecule has 0 unspecified atom stereocenters. The van der Waals surface area contributed by atoms with E-state index < -0.39 is 0 Å². The second kappa shape index (κ2) is 2.70. The van der Waals surface area contributed by atoms with Crippen molar-refractivity contribution >= 4 is 12.9 Å². The van der Waals surface area contributed by atoms with E-state index in [1.807, 2.05) is 0 Å². The maximum absolute atomic E-state index is 2.45. The zero-order valence-electron chi connectivity index (χ0n) is 6.88. The molecule has 0 aliphatic carbocycles. The van der Waals surface area contributed by atoms with Crippen LogP contribution < -0.4 is 5.46 Å². The molecule has 0 spiro atoms. The lowest BCUT2D eigenvalue weighted by Gasteiger charge is -2.08. The van der Waals surface area contributed by atoms with Crippen molar-refractivity contribution in [3.8, 4) is 0 Å². The van der Waals surface area contributed by atoms with Crippen molar-refractivity contribution in [1.82, 2.24) is 4.81 Å². The highest BCUT2D eigenvalue weighted by Crippen LogP contribution is 2.07. The van der Waals surface area contributed by atoms with E-state index in [4.69, 9.17) is 0 Å². The van der Waals surface area contributed by atoms with Gasteiger partial charge in [0.2, 0.25) is 7.41 Å². The van der Waals surface area contributed by atoms with Gasteiger partial charge in [-0.2, -0.15) is 0 Å². The maximum atomic E-state index is 2.45. The van der Waals surface area contributed by atoms with Crippen LogP contribution in [-0.4, -0.2) is 18.8 Å². The Morgan fingerprint density at radius 2 is 2.27 bits per heavy atom. The van der Waals surface area contributed by atoms with Gasteiger partial charge in [0.25, 0.3) is 0 Å². The molecule has 1 aliphatic rings. The zero-order valence-corrected chi connectivity index (χ0v) is 6.88. The van der Waals surface area contributed by atoms with Gasteiger partial charge < -0.3 is 4.81 Å². The van der Waals surface area contributed by atoms with Crippen LogP contribution in [-0.2, 0) is 6.54 Å². The molecule has 0 radical (unpaired) electrons. The minimum Gasteiger partial charge on any atom is -0.337 e. The summed E-state index contributed by atoms with van der Waals surface area (Å²) >= 11 is 0. The highest BCUT2D eigenvalue weighted by Gasteiger charge is 2.17. The molecule has 2 rings (SSSR count). The predicted molar refractivity (Wildman–Crippen MR) is 49.3 cm³/mol. The van der Waals surface area contributed by atoms with E-state index >= 15 is 0 Å². The first kappa shape index (κ1) is 6.92. The standard InChI is InChI=1S/C9H12BN/c1-2-11-7-8-5-3-4-6-9(8)10-11/h3-6,10H,2,7H2,1H3. The third-order valence-electron chi connectivity index (χ3n) is 2.35. The molecule has 1 nitrogen and oxygen atoms in total. The number of nitrogens with zero attached hydrogens (tertiary/aromatic N) is 1. The van der Waals surface area contributed by atoms with Crippen LogP contribution in [0.1, 0.15) is 12.5 Å². The lowest BCUT2D eigenvalue weighted by molar-refractivity contribution is 0.481. The molecular weight excluding hydrogens is 133 g/mol. The van der Waals surface area contributed by atoms with Gasteiger partial charge in [-0.15, -0.1) is 0 Å². The molecule has 1 aromatic rings. The molecule has 0 atom stereocenters. The van der Waals surface area contributed by atoms with Crippen LogP contribution in [0.4, 0.5) is 0 Å². The first-order chi connectivity index (χ1) is 5.40. The first-order valence-corrected chi connectivity index (χ1v) is 4.19. The van der Waals surface area contributed by atoms with Crippen molar-refractivity contribution in [2.24, 2.45) is 0 Å². The molecule has 0 amide bonds. The summed E-state index contributed by atoms with van der Waals surface area (Å²) in [6, 6.07) is 8.70. The Kier molecular flexibility index (Phi) is 1.70. The maximum Gasteiger partial charge on any atom is 0.239 e. The van der Waals surface area contributed by atoms with Crippen LogP contribution in [0.2, 0.25) is 0 Å². The van der Waals surface area contributed by atoms with E-state index in [9.17, 15) is 0 Å². The summed E-state index contributed by atoms with van der Waals surface area (Å²) in [6.07, 6.45) is 0. The van der Waals surface area contributed by atoms with Gasteiger partial charge in [-0.05, 0) is 12.1 Å². The minimum absolute atomic E-state index is 1.15. The lowest BCUT2D eigenvalue weighted by atomic mass is 9.83. The van der Waals surface area contributed by atoms with Gasteiger partial charge in [0.15, 0.2) is 0 Å². The molecule has 2 heteroatoms. The summed E-state index contributed by atoms with van der Waals surface area (Å²) < 4.78 is 0. The van der Waals surface area contributed by atoms with Crippen molar-refractivity contribution in [2.75, 3.05) is 6.54 Å². The van der Waals surface area contributed by atoms with Gasteiger partial charge >= 0.3 is 0 Å². The Bertz CT molecular complexity index is 234. The lowest BCUT2D eigenvalue weighted by Crippen LogP contribution is -2.25. The molecule has 1 aliphatic heterocycles. The monoisotopic (exact) mass is 145 g/mol. The summed E-state index contributed by atoms with van der Waals surface area (Å²) in [5.74, 6) is 0. The predicted octanol–water partition coefficient (Wildman–Crippen LogP) is 0.499. The van der Waals surface area contributed by atoms with Crippen molar-refractivity contribution in [3.05, 3.63) is 29.8 Å². The average molecular weight is 145 g/mol. The zero-order chi connectivity index (χ0) is 7.68. The van der Waals surface area contributed by atoms with Crippen LogP contribution in [0.5, 0.6) is 0 Å². The molecule has 1 heterocycles. The van der Waals surface area contributed by atoms with Gasteiger partial charge in [-0.1, -0.05) is 36.7 Å². The molecule has 0 bridgehead atoms. The van der Waals surface area contributed by atoms with Crippen molar-refractivity contribution in [2.45, 2.75) is 13.5 Å². The van der Waals surface area contributed by atoms with Crippen LogP contribution >= 0.6 is 0 Å². The van der Waals surface area contributed by atoms with Crippen LogP contribution in [0.3, 0.4) is 0 Å². The molecule has 0 saturated heterocycles. The van der Waals surface area contributed by atoms with Gasteiger partial charge in [0.05, 0.1) is 0 Å². The minimum atomic E-state index is 1.15. The fourth-order valence-electron chi connectivity index (χ4n) is 1.63. The van der Waals surface area contributed by atoms with Gasteiger partial charge in [-0.25, -0.2) is 0 Å². The third kappa shape index (κ3) is 1.18. The summed E-state index contributed by atoms with van der Waals surface area (Å²) in [7, 11) is 1.15. The first-order valence-electron chi connectivity index (χ1n) is 4.19. The van der Waals surface area contributed by atoms with Gasteiger partial charge in [0.1, 0.15) is 0 Å². The highest BCUT2D eigenvalue weighted by atomic mass is 15.0. The number of hydrogen-bond donors (Lipinski definition) is 0. The molecule has 0 aromatic heterocycles. The third-order valence-corrected chi connectivity index (χ3v) is 2.35. The van der Waals surface area contributed by atoms with Crippen LogP contribution in [0.25, 0.3) is 0 Å². The van der Waals surface area contributed by atoms with Gasteiger partial charge in [0, 0.05) is 6.54 Å². The SMILES string of the molecule is CCN1Bc2ccccc2C1. The van der Waals surface area contributed by atoms with E-state index in [1.165, 1.54) is 11.0 Å². The second-order valence-corrected chi connectivity index (χ2v) is 3.07. The fraction of sp³-hybridized carbons (Fsp3) is 0.333. The molecule has 0 N–H and O–H groups in total. The Hall–Kier alpha value is -0.755. The highest BCUT2D eigenvalue weighted by molar-refractivity contribution is 6.52. The summed E-state index contributed by atoms with van der Waals surface area (Å²) in [6.45, 7) is 4.52. The Morgan fingerprint density at radius 3 is 3.00 bits per heavy atom. The summed E-state index contributed by atoms with van der Waals surface area (Å²) in [5, 5.41) is 0. The Balaban J connectivity index is 2.27. The van der Waals surface area contributed by atoms with Crippen molar-refractivity contribution < 1.29 is 0 Å². The number of fused-ring (bicyclic) bond motifs is 1. The topological polar surface area (TPSA) is 3.24 Å². The van der Waals surface area contributed by atoms with Crippen molar-refractivity contribution in [3.63, 3.8) is 0 Å². The molecule has 1 aromatic carbocycles. The quantitative estimate of drug-likeness (QED) is 0.520. The van der Waals surface area contributed by atoms with Gasteiger partial charge in [-0.3, -0.25) is 0 Å². The molecule has 0 saturated carbocycles. The van der Waals surface area contributed by atoms with E-state index in [0.29, 0.717) is 0 Å².